The molecule has 156 valence electrons. The van der Waals surface area contributed by atoms with Crippen LogP contribution in [0.15, 0.2) is 54.7 Å². The minimum absolute atomic E-state index is 0.0822. The van der Waals surface area contributed by atoms with Crippen molar-refractivity contribution < 1.29 is 17.6 Å². The summed E-state index contributed by atoms with van der Waals surface area (Å²) < 4.78 is 37.3. The third-order valence-electron chi connectivity index (χ3n) is 4.36. The van der Waals surface area contributed by atoms with E-state index in [0.29, 0.717) is 11.3 Å². The van der Waals surface area contributed by atoms with Crippen LogP contribution in [-0.2, 0) is 22.8 Å². The Bertz CT molecular complexity index is 1170. The van der Waals surface area contributed by atoms with Gasteiger partial charge in [-0.2, -0.15) is 0 Å². The number of nitrogens with two attached hydrogens (primary N) is 1. The van der Waals surface area contributed by atoms with Crippen molar-refractivity contribution >= 4 is 21.6 Å². The van der Waals surface area contributed by atoms with Crippen LogP contribution in [0.3, 0.4) is 0 Å². The van der Waals surface area contributed by atoms with Gasteiger partial charge in [-0.1, -0.05) is 36.4 Å². The van der Waals surface area contributed by atoms with Crippen molar-refractivity contribution in [2.45, 2.75) is 13.0 Å². The Balaban J connectivity index is 1.78. The Kier molecular flexibility index (Phi) is 6.41. The van der Waals surface area contributed by atoms with Crippen LogP contribution < -0.4 is 11.1 Å². The Labute approximate surface area is 174 Å². The molecule has 0 saturated heterocycles. The van der Waals surface area contributed by atoms with Gasteiger partial charge in [0.25, 0.3) is 5.91 Å². The number of amides is 1. The molecule has 0 spiro atoms. The largest absolute Gasteiger partial charge is 0.382 e. The zero-order valence-electron chi connectivity index (χ0n) is 16.3. The summed E-state index contributed by atoms with van der Waals surface area (Å²) in [7, 11) is -3.16. The van der Waals surface area contributed by atoms with E-state index in [1.807, 2.05) is 30.3 Å². The van der Waals surface area contributed by atoms with E-state index in [-0.39, 0.29) is 35.8 Å². The summed E-state index contributed by atoms with van der Waals surface area (Å²) in [5, 5.41) is 2.68. The molecule has 0 bridgehead atoms. The fourth-order valence-corrected chi connectivity index (χ4v) is 3.36. The molecule has 30 heavy (non-hydrogen) atoms. The molecule has 0 atom stereocenters. The molecule has 0 fully saturated rings. The van der Waals surface area contributed by atoms with Crippen LogP contribution in [0.2, 0.25) is 0 Å². The number of nitrogens with one attached hydrogen (secondary N) is 1. The van der Waals surface area contributed by atoms with Gasteiger partial charge >= 0.3 is 0 Å². The summed E-state index contributed by atoms with van der Waals surface area (Å²) in [5.41, 5.74) is 7.67. The highest BCUT2D eigenvalue weighted by atomic mass is 32.2. The molecular weight excluding hydrogens is 407 g/mol. The average Bonchev–Trinajstić information content (AvgIpc) is 2.71. The van der Waals surface area contributed by atoms with Crippen LogP contribution in [0.5, 0.6) is 0 Å². The summed E-state index contributed by atoms with van der Waals surface area (Å²) >= 11 is 0. The number of carbonyl (C=O) groups excluding carboxylic acids is 1. The van der Waals surface area contributed by atoms with Crippen molar-refractivity contribution in [3.63, 3.8) is 0 Å². The van der Waals surface area contributed by atoms with E-state index < -0.39 is 21.6 Å². The number of hydrogen-bond donors (Lipinski definition) is 2. The molecule has 7 nitrogen and oxygen atoms in total. The molecule has 2 aromatic carbocycles. The second-order valence-electron chi connectivity index (χ2n) is 6.84. The molecule has 0 aliphatic heterocycles. The SMILES string of the molecule is CS(=O)(=O)CCc1cnc(N)c(-c2ccc(C(=O)NCc3ccccc3)c(F)c2)n1. The molecule has 0 radical (unpaired) electrons. The molecule has 3 rings (SSSR count). The van der Waals surface area contributed by atoms with Crippen molar-refractivity contribution in [1.29, 1.82) is 0 Å². The quantitative estimate of drug-likeness (QED) is 0.597. The van der Waals surface area contributed by atoms with Crippen molar-refractivity contribution in [2.24, 2.45) is 0 Å². The van der Waals surface area contributed by atoms with Crippen LogP contribution in [-0.4, -0.2) is 36.3 Å². The highest BCUT2D eigenvalue weighted by Crippen LogP contribution is 2.24. The van der Waals surface area contributed by atoms with E-state index in [9.17, 15) is 17.6 Å². The van der Waals surface area contributed by atoms with E-state index in [1.165, 1.54) is 18.3 Å². The first-order valence-corrected chi connectivity index (χ1v) is 11.2. The van der Waals surface area contributed by atoms with Crippen LogP contribution in [0.1, 0.15) is 21.6 Å². The number of halogens is 1. The number of aromatic nitrogens is 2. The standard InChI is InChI=1S/C21H21FN4O3S/c1-30(28,29)10-9-16-13-24-20(23)19(26-16)15-7-8-17(18(22)11-15)21(27)25-12-14-5-3-2-4-6-14/h2-8,11,13H,9-10,12H2,1H3,(H2,23,24)(H,25,27). The van der Waals surface area contributed by atoms with E-state index in [2.05, 4.69) is 15.3 Å². The monoisotopic (exact) mass is 428 g/mol. The molecule has 0 aliphatic carbocycles. The van der Waals surface area contributed by atoms with Crippen LogP contribution in [0.4, 0.5) is 10.2 Å². The fourth-order valence-electron chi connectivity index (χ4n) is 2.78. The van der Waals surface area contributed by atoms with E-state index in [0.717, 1.165) is 17.9 Å². The third kappa shape index (κ3) is 5.60. The molecule has 1 heterocycles. The molecule has 3 aromatic rings. The average molecular weight is 428 g/mol. The lowest BCUT2D eigenvalue weighted by molar-refractivity contribution is 0.0947. The van der Waals surface area contributed by atoms with Crippen molar-refractivity contribution in [3.05, 3.63) is 77.4 Å². The number of carbonyl (C=O) groups is 1. The number of aryl methyl sites for hydroxylation is 1. The molecule has 0 unspecified atom stereocenters. The Hall–Kier alpha value is -3.33. The lowest BCUT2D eigenvalue weighted by Gasteiger charge is -2.10. The summed E-state index contributed by atoms with van der Waals surface area (Å²) in [6.45, 7) is 0.279. The lowest BCUT2D eigenvalue weighted by Crippen LogP contribution is -2.23. The first-order valence-electron chi connectivity index (χ1n) is 9.14. The molecule has 0 aliphatic rings. The molecular formula is C21H21FN4O3S. The van der Waals surface area contributed by atoms with Gasteiger partial charge in [-0.15, -0.1) is 0 Å². The highest BCUT2D eigenvalue weighted by molar-refractivity contribution is 7.90. The van der Waals surface area contributed by atoms with Crippen molar-refractivity contribution in [2.75, 3.05) is 17.7 Å². The number of nitrogens with zero attached hydrogens (tertiary/aromatic N) is 2. The smallest absolute Gasteiger partial charge is 0.254 e. The van der Waals surface area contributed by atoms with E-state index in [1.54, 1.807) is 0 Å². The summed E-state index contributed by atoms with van der Waals surface area (Å²) in [5.74, 6) is -1.26. The van der Waals surface area contributed by atoms with E-state index in [4.69, 9.17) is 5.73 Å². The van der Waals surface area contributed by atoms with Gasteiger partial charge in [0, 0.05) is 24.8 Å². The minimum Gasteiger partial charge on any atom is -0.382 e. The minimum atomic E-state index is -3.16. The van der Waals surface area contributed by atoms with Crippen LogP contribution in [0.25, 0.3) is 11.3 Å². The van der Waals surface area contributed by atoms with Gasteiger partial charge in [0.2, 0.25) is 0 Å². The van der Waals surface area contributed by atoms with Gasteiger partial charge in [0.15, 0.2) is 0 Å². The highest BCUT2D eigenvalue weighted by Gasteiger charge is 2.15. The summed E-state index contributed by atoms with van der Waals surface area (Å²) in [6, 6.07) is 13.3. The van der Waals surface area contributed by atoms with Gasteiger partial charge in [0.05, 0.1) is 23.2 Å². The topological polar surface area (TPSA) is 115 Å². The van der Waals surface area contributed by atoms with Gasteiger partial charge in [-0.05, 0) is 17.7 Å². The molecule has 0 saturated carbocycles. The first-order chi connectivity index (χ1) is 14.2. The number of nitrogen functional groups attached to an aromatic ring is 1. The van der Waals surface area contributed by atoms with Crippen LogP contribution >= 0.6 is 0 Å². The number of benzene rings is 2. The second kappa shape index (κ2) is 9.00. The Morgan fingerprint density at radius 3 is 2.57 bits per heavy atom. The maximum absolute atomic E-state index is 14.6. The maximum Gasteiger partial charge on any atom is 0.254 e. The molecule has 1 aromatic heterocycles. The molecule has 3 N–H and O–H groups in total. The maximum atomic E-state index is 14.6. The summed E-state index contributed by atoms with van der Waals surface area (Å²) in [4.78, 5) is 20.7. The number of hydrogen-bond acceptors (Lipinski definition) is 6. The van der Waals surface area contributed by atoms with Crippen LogP contribution in [0, 0.1) is 5.82 Å². The Morgan fingerprint density at radius 2 is 1.90 bits per heavy atom. The normalized spacial score (nSPS) is 11.3. The first kappa shape index (κ1) is 21.4. The molecule has 9 heteroatoms. The zero-order valence-corrected chi connectivity index (χ0v) is 17.1. The summed E-state index contributed by atoms with van der Waals surface area (Å²) in [6.07, 6.45) is 2.70. The third-order valence-corrected chi connectivity index (χ3v) is 5.31. The predicted molar refractivity (Wildman–Crippen MR) is 113 cm³/mol. The van der Waals surface area contributed by atoms with Gasteiger partial charge in [-0.25, -0.2) is 22.8 Å². The van der Waals surface area contributed by atoms with Gasteiger partial charge in [0.1, 0.15) is 27.2 Å². The van der Waals surface area contributed by atoms with Gasteiger partial charge in [-0.3, -0.25) is 4.79 Å². The predicted octanol–water partition coefficient (Wildman–Crippen LogP) is 2.38. The number of anilines is 1. The van der Waals surface area contributed by atoms with E-state index >= 15 is 0 Å². The zero-order chi connectivity index (χ0) is 21.7. The van der Waals surface area contributed by atoms with Crippen molar-refractivity contribution in [1.82, 2.24) is 15.3 Å². The number of sulfone groups is 1. The fraction of sp³-hybridized carbons (Fsp3) is 0.190. The molecule has 1 amide bonds. The van der Waals surface area contributed by atoms with Gasteiger partial charge < -0.3 is 11.1 Å². The lowest BCUT2D eigenvalue weighted by atomic mass is 10.1. The van der Waals surface area contributed by atoms with Crippen molar-refractivity contribution in [3.8, 4) is 11.3 Å². The second-order valence-corrected chi connectivity index (χ2v) is 9.10. The Morgan fingerprint density at radius 1 is 1.17 bits per heavy atom. The number of rotatable bonds is 7.